The lowest BCUT2D eigenvalue weighted by atomic mass is 9.95. The number of nitrogens with zero attached hydrogens (tertiary/aromatic N) is 1. The number of anilines is 1. The van der Waals surface area contributed by atoms with Gasteiger partial charge in [0.1, 0.15) is 0 Å². The lowest BCUT2D eigenvalue weighted by molar-refractivity contribution is -0.135. The van der Waals surface area contributed by atoms with Crippen LogP contribution < -0.4 is 5.32 Å². The van der Waals surface area contributed by atoms with E-state index >= 15 is 0 Å². The van der Waals surface area contributed by atoms with Gasteiger partial charge in [-0.1, -0.05) is 67.6 Å². The smallest absolute Gasteiger partial charge is 0.228 e. The maximum atomic E-state index is 13.5. The minimum absolute atomic E-state index is 0.0716. The van der Waals surface area contributed by atoms with Crippen LogP contribution >= 0.6 is 0 Å². The highest BCUT2D eigenvalue weighted by molar-refractivity contribution is 6.71. The zero-order chi connectivity index (χ0) is 32.0. The van der Waals surface area contributed by atoms with E-state index in [9.17, 15) is 19.5 Å². The summed E-state index contributed by atoms with van der Waals surface area (Å²) in [6.45, 7) is 6.53. The van der Waals surface area contributed by atoms with E-state index in [1.54, 1.807) is 4.90 Å². The molecule has 4 atom stereocenters. The van der Waals surface area contributed by atoms with Gasteiger partial charge < -0.3 is 29.8 Å². The van der Waals surface area contributed by atoms with Crippen molar-refractivity contribution in [2.24, 2.45) is 5.92 Å². The van der Waals surface area contributed by atoms with E-state index in [4.69, 9.17) is 4.74 Å². The van der Waals surface area contributed by atoms with Gasteiger partial charge in [0.2, 0.25) is 11.8 Å². The van der Waals surface area contributed by atoms with E-state index in [2.05, 4.69) is 23.3 Å². The van der Waals surface area contributed by atoms with Crippen LogP contribution in [0.25, 0.3) is 10.9 Å². The number of rotatable bonds is 13. The molecule has 4 aromatic rings. The van der Waals surface area contributed by atoms with Crippen molar-refractivity contribution in [2.45, 2.75) is 70.0 Å². The third kappa shape index (κ3) is 8.29. The first kappa shape index (κ1) is 32.6. The van der Waals surface area contributed by atoms with E-state index in [0.29, 0.717) is 6.54 Å². The van der Waals surface area contributed by atoms with Gasteiger partial charge in [0.05, 0.1) is 31.7 Å². The molecule has 1 aliphatic heterocycles. The molecule has 8 nitrogen and oxygen atoms in total. The van der Waals surface area contributed by atoms with Gasteiger partial charge >= 0.3 is 0 Å². The van der Waals surface area contributed by atoms with Crippen LogP contribution in [0.1, 0.15) is 36.5 Å². The van der Waals surface area contributed by atoms with E-state index < -0.39 is 8.32 Å². The molecule has 5 rings (SSSR count). The summed E-state index contributed by atoms with van der Waals surface area (Å²) in [6.07, 6.45) is 3.35. The second-order valence-corrected chi connectivity index (χ2v) is 16.8. The quantitative estimate of drug-likeness (QED) is 0.143. The lowest BCUT2D eigenvalue weighted by Gasteiger charge is -2.31. The number of hydrogen-bond acceptors (Lipinski definition) is 5. The van der Waals surface area contributed by atoms with Crippen molar-refractivity contribution in [1.29, 1.82) is 0 Å². The molecule has 0 bridgehead atoms. The average Bonchev–Trinajstić information content (AvgIpc) is 3.56. The summed E-state index contributed by atoms with van der Waals surface area (Å²) in [4.78, 5) is 42.5. The summed E-state index contributed by atoms with van der Waals surface area (Å²) < 4.78 is 6.56. The molecule has 0 spiro atoms. The molecular formula is C36H45N3O5Si. The minimum atomic E-state index is -2.66. The first-order valence-corrected chi connectivity index (χ1v) is 18.9. The summed E-state index contributed by atoms with van der Waals surface area (Å²) >= 11 is 0. The fourth-order valence-electron chi connectivity index (χ4n) is 6.89. The van der Waals surface area contributed by atoms with Crippen molar-refractivity contribution in [3.8, 4) is 0 Å². The molecule has 0 radical (unpaired) electrons. The van der Waals surface area contributed by atoms with Crippen LogP contribution in [0, 0.1) is 5.92 Å². The number of ether oxygens (including phenoxy) is 1. The number of fused-ring (bicyclic) bond motifs is 1. The molecule has 1 fully saturated rings. The van der Waals surface area contributed by atoms with Gasteiger partial charge in [0.15, 0.2) is 8.32 Å². The number of para-hydroxylation sites is 1. The predicted molar refractivity (Wildman–Crippen MR) is 180 cm³/mol. The number of aliphatic hydroxyl groups excluding tert-OH is 1. The molecule has 0 aliphatic carbocycles. The monoisotopic (exact) mass is 627 g/mol. The van der Waals surface area contributed by atoms with Crippen molar-refractivity contribution >= 4 is 36.7 Å². The highest BCUT2D eigenvalue weighted by atomic mass is 28.4. The number of amides is 2. The summed E-state index contributed by atoms with van der Waals surface area (Å²) in [5.41, 5.74) is 4.73. The second-order valence-electron chi connectivity index (χ2n) is 12.8. The van der Waals surface area contributed by atoms with Crippen molar-refractivity contribution in [2.75, 3.05) is 18.5 Å². The second kappa shape index (κ2) is 14.6. The number of nitrogens with one attached hydrogen (secondary N) is 2. The molecule has 0 saturated carbocycles. The number of aliphatic hydroxyl groups is 1. The summed E-state index contributed by atoms with van der Waals surface area (Å²) in [7, 11) is -2.66. The number of carbonyl (C=O) groups is 2. The van der Waals surface area contributed by atoms with Crippen LogP contribution in [0.15, 0.2) is 85.1 Å². The van der Waals surface area contributed by atoms with Crippen molar-refractivity contribution < 1.29 is 24.2 Å². The lowest BCUT2D eigenvalue weighted by Crippen LogP contribution is -2.42. The Morgan fingerprint density at radius 2 is 1.71 bits per heavy atom. The molecule has 1 aliphatic rings. The standard InChI is InChI=1S/C36H45N3O5Si/c1-25-32(44-33(36(25)45(2,3)43)22-35(42)39(18-19-40)24-27-10-5-4-6-11-27)17-16-26-12-9-13-29(20-26)38-34(41)21-28-23-37-31-15-8-7-14-30(28)31/h4-15,20,23,25,32-33,36-37,40,43H,16-19,21-22,24H2,1-3H3,(H,38,41)/t25-,32+,33-,36+/m1/s1. The van der Waals surface area contributed by atoms with Gasteiger partial charge in [-0.15, -0.1) is 0 Å². The number of hydrogen-bond donors (Lipinski definition) is 4. The van der Waals surface area contributed by atoms with Crippen LogP contribution in [0.2, 0.25) is 18.6 Å². The normalized spacial score (nSPS) is 19.9. The molecule has 2 heterocycles. The number of carbonyl (C=O) groups excluding carboxylic acids is 2. The molecule has 45 heavy (non-hydrogen) atoms. The Morgan fingerprint density at radius 1 is 0.978 bits per heavy atom. The van der Waals surface area contributed by atoms with E-state index in [1.165, 1.54) is 0 Å². The molecule has 1 saturated heterocycles. The zero-order valence-corrected chi connectivity index (χ0v) is 27.4. The summed E-state index contributed by atoms with van der Waals surface area (Å²) in [5.74, 6) is -0.0586. The third-order valence-electron chi connectivity index (χ3n) is 8.99. The van der Waals surface area contributed by atoms with Crippen LogP contribution in [0.5, 0.6) is 0 Å². The summed E-state index contributed by atoms with van der Waals surface area (Å²) in [6, 6.07) is 25.6. The molecule has 0 unspecified atom stereocenters. The Morgan fingerprint density at radius 3 is 2.47 bits per heavy atom. The molecule has 9 heteroatoms. The maximum absolute atomic E-state index is 13.5. The fraction of sp³-hybridized carbons (Fsp3) is 0.389. The molecule has 2 amide bonds. The highest BCUT2D eigenvalue weighted by Crippen LogP contribution is 2.45. The van der Waals surface area contributed by atoms with Gasteiger partial charge in [0, 0.05) is 41.4 Å². The fourth-order valence-corrected chi connectivity index (χ4v) is 9.50. The average molecular weight is 628 g/mol. The van der Waals surface area contributed by atoms with Crippen LogP contribution in [-0.2, 0) is 33.7 Å². The Kier molecular flexibility index (Phi) is 10.6. The van der Waals surface area contributed by atoms with Gasteiger partial charge in [-0.2, -0.15) is 0 Å². The van der Waals surface area contributed by atoms with E-state index in [-0.39, 0.29) is 61.5 Å². The minimum Gasteiger partial charge on any atom is -0.432 e. The Hall–Kier alpha value is -3.76. The summed E-state index contributed by atoms with van der Waals surface area (Å²) in [5, 5.41) is 13.7. The predicted octanol–water partition coefficient (Wildman–Crippen LogP) is 5.66. The maximum Gasteiger partial charge on any atom is 0.228 e. The van der Waals surface area contributed by atoms with Crippen molar-refractivity contribution in [3.05, 3.63) is 102 Å². The van der Waals surface area contributed by atoms with Crippen LogP contribution in [0.3, 0.4) is 0 Å². The van der Waals surface area contributed by atoms with Crippen molar-refractivity contribution in [3.63, 3.8) is 0 Å². The highest BCUT2D eigenvalue weighted by Gasteiger charge is 2.50. The van der Waals surface area contributed by atoms with E-state index in [1.807, 2.05) is 92.1 Å². The van der Waals surface area contributed by atoms with Crippen LogP contribution in [-0.4, -0.2) is 65.3 Å². The molecule has 1 aromatic heterocycles. The van der Waals surface area contributed by atoms with Gasteiger partial charge in [-0.25, -0.2) is 0 Å². The van der Waals surface area contributed by atoms with Gasteiger partial charge in [-0.05, 0) is 66.7 Å². The molecule has 238 valence electrons. The first-order valence-electron chi connectivity index (χ1n) is 15.9. The van der Waals surface area contributed by atoms with Crippen LogP contribution in [0.4, 0.5) is 5.69 Å². The largest absolute Gasteiger partial charge is 0.432 e. The van der Waals surface area contributed by atoms with Gasteiger partial charge in [0.25, 0.3) is 0 Å². The Bertz CT molecular complexity index is 1580. The molecule has 4 N–H and O–H groups in total. The first-order chi connectivity index (χ1) is 21.6. The Balaban J connectivity index is 1.20. The zero-order valence-electron chi connectivity index (χ0n) is 26.4. The Labute approximate surface area is 266 Å². The van der Waals surface area contributed by atoms with Crippen molar-refractivity contribution in [1.82, 2.24) is 9.88 Å². The number of aromatic amines is 1. The number of aryl methyl sites for hydroxylation is 1. The third-order valence-corrected chi connectivity index (χ3v) is 11.5. The number of benzene rings is 3. The topological polar surface area (TPSA) is 115 Å². The number of aromatic nitrogens is 1. The SMILES string of the molecule is C[C@H]1[C@H]([Si](C)(C)O)[C@@H](CC(=O)N(CCO)Cc2ccccc2)O[C@H]1CCc1cccc(NC(=O)Cc2c[nH]c3ccccc23)c1. The number of H-pyrrole nitrogens is 1. The van der Waals surface area contributed by atoms with Gasteiger partial charge in [-0.3, -0.25) is 9.59 Å². The van der Waals surface area contributed by atoms with E-state index in [0.717, 1.165) is 46.1 Å². The molecular weight excluding hydrogens is 582 g/mol. The molecule has 3 aromatic carbocycles.